The first-order chi connectivity index (χ1) is 13.0. The van der Waals surface area contributed by atoms with Crippen LogP contribution < -0.4 is 21.9 Å². The molecule has 150 valence electrons. The Kier molecular flexibility index (Phi) is 6.19. The number of carbonyl (C=O) groups is 2. The molecule has 1 aromatic heterocycles. The number of alkyl halides is 3. The van der Waals surface area contributed by atoms with E-state index in [9.17, 15) is 22.8 Å². The Morgan fingerprint density at radius 3 is 2.54 bits per heavy atom. The van der Waals surface area contributed by atoms with E-state index in [0.717, 1.165) is 23.3 Å². The molecule has 0 fully saturated rings. The van der Waals surface area contributed by atoms with Crippen molar-refractivity contribution < 1.29 is 22.8 Å². The second-order valence-corrected chi connectivity index (χ2v) is 6.28. The van der Waals surface area contributed by atoms with E-state index in [-0.39, 0.29) is 28.9 Å². The number of aldehydes is 1. The first-order valence-electron chi connectivity index (χ1n) is 8.15. The van der Waals surface area contributed by atoms with E-state index in [1.165, 1.54) is 12.1 Å². The van der Waals surface area contributed by atoms with Crippen LogP contribution >= 0.6 is 0 Å². The van der Waals surface area contributed by atoms with E-state index in [0.29, 0.717) is 6.29 Å². The van der Waals surface area contributed by atoms with Crippen molar-refractivity contribution in [2.75, 3.05) is 10.3 Å². The zero-order valence-corrected chi connectivity index (χ0v) is 15.1. The van der Waals surface area contributed by atoms with Crippen LogP contribution in [0.5, 0.6) is 0 Å². The van der Waals surface area contributed by atoms with Gasteiger partial charge in [0.2, 0.25) is 5.95 Å². The normalized spacial score (nSPS) is 12.5. The van der Waals surface area contributed by atoms with Gasteiger partial charge in [-0.1, -0.05) is 19.9 Å². The molecule has 8 nitrogen and oxygen atoms in total. The molecular formula is C17H19F3N6O2. The number of aromatic nitrogens is 2. The van der Waals surface area contributed by atoms with Crippen molar-refractivity contribution >= 4 is 29.6 Å². The molecule has 0 saturated heterocycles. The number of hydrazine groups is 1. The number of rotatable bonds is 7. The molecule has 0 radical (unpaired) electrons. The van der Waals surface area contributed by atoms with Crippen LogP contribution in [-0.4, -0.2) is 28.2 Å². The number of hydrogen-bond acceptors (Lipinski definition) is 7. The molecule has 1 aromatic carbocycles. The number of benzene rings is 1. The molecule has 0 aliphatic heterocycles. The van der Waals surface area contributed by atoms with Crippen molar-refractivity contribution in [3.05, 3.63) is 41.6 Å². The Morgan fingerprint density at radius 2 is 2.00 bits per heavy atom. The van der Waals surface area contributed by atoms with Crippen molar-refractivity contribution in [3.8, 4) is 0 Å². The van der Waals surface area contributed by atoms with Gasteiger partial charge in [0, 0.05) is 11.9 Å². The highest BCUT2D eigenvalue weighted by molar-refractivity contribution is 5.98. The van der Waals surface area contributed by atoms with Crippen molar-refractivity contribution in [1.82, 2.24) is 9.97 Å². The zero-order chi connectivity index (χ0) is 21.1. The summed E-state index contributed by atoms with van der Waals surface area (Å²) < 4.78 is 38.7. The Bertz CT molecular complexity index is 872. The van der Waals surface area contributed by atoms with Gasteiger partial charge in [0.25, 0.3) is 5.91 Å². The average molecular weight is 396 g/mol. The summed E-state index contributed by atoms with van der Waals surface area (Å²) >= 11 is 0. The predicted molar refractivity (Wildman–Crippen MR) is 96.6 cm³/mol. The van der Waals surface area contributed by atoms with Crippen LogP contribution in [0, 0.1) is 5.92 Å². The van der Waals surface area contributed by atoms with Crippen LogP contribution in [0.25, 0.3) is 0 Å². The van der Waals surface area contributed by atoms with Gasteiger partial charge in [-0.25, -0.2) is 10.8 Å². The summed E-state index contributed by atoms with van der Waals surface area (Å²) in [7, 11) is 0. The van der Waals surface area contributed by atoms with Gasteiger partial charge in [0.15, 0.2) is 0 Å². The molecule has 0 bridgehead atoms. The molecule has 2 aromatic rings. The van der Waals surface area contributed by atoms with Gasteiger partial charge in [-0.3, -0.25) is 9.80 Å². The summed E-state index contributed by atoms with van der Waals surface area (Å²) in [5.74, 6) is 4.61. The van der Waals surface area contributed by atoms with Gasteiger partial charge in [0.05, 0.1) is 5.56 Å². The molecule has 0 saturated carbocycles. The van der Waals surface area contributed by atoms with Crippen LogP contribution in [0.1, 0.15) is 29.8 Å². The van der Waals surface area contributed by atoms with E-state index in [2.05, 4.69) is 15.3 Å². The van der Waals surface area contributed by atoms with E-state index in [1.807, 2.05) is 0 Å². The monoisotopic (exact) mass is 396 g/mol. The molecule has 0 aliphatic carbocycles. The minimum Gasteiger partial charge on any atom is -0.365 e. The van der Waals surface area contributed by atoms with Gasteiger partial charge in [0.1, 0.15) is 23.7 Å². The van der Waals surface area contributed by atoms with E-state index in [4.69, 9.17) is 11.6 Å². The number of anilines is 3. The highest BCUT2D eigenvalue weighted by Gasteiger charge is 2.30. The smallest absolute Gasteiger partial charge is 0.365 e. The molecule has 5 N–H and O–H groups in total. The maximum Gasteiger partial charge on any atom is 0.416 e. The highest BCUT2D eigenvalue weighted by Crippen LogP contribution is 2.31. The van der Waals surface area contributed by atoms with Gasteiger partial charge < -0.3 is 15.8 Å². The summed E-state index contributed by atoms with van der Waals surface area (Å²) in [6.45, 7) is 3.52. The fourth-order valence-electron chi connectivity index (χ4n) is 2.36. The van der Waals surface area contributed by atoms with Gasteiger partial charge in [-0.15, -0.1) is 0 Å². The second kappa shape index (κ2) is 8.21. The fourth-order valence-corrected chi connectivity index (χ4v) is 2.36. The van der Waals surface area contributed by atoms with Crippen LogP contribution in [0.4, 0.5) is 30.6 Å². The molecule has 0 spiro atoms. The second-order valence-electron chi connectivity index (χ2n) is 6.28. The Morgan fingerprint density at radius 1 is 1.32 bits per heavy atom. The Hall–Kier alpha value is -3.21. The fraction of sp³-hybridized carbons (Fsp3) is 0.294. The quantitative estimate of drug-likeness (QED) is 0.372. The lowest BCUT2D eigenvalue weighted by atomic mass is 10.1. The first-order valence-corrected chi connectivity index (χ1v) is 8.15. The molecule has 0 aliphatic rings. The molecule has 1 atom stereocenters. The average Bonchev–Trinajstić information content (AvgIpc) is 2.61. The Labute approximate surface area is 158 Å². The van der Waals surface area contributed by atoms with Crippen molar-refractivity contribution in [2.45, 2.75) is 26.1 Å². The maximum atomic E-state index is 12.9. The lowest BCUT2D eigenvalue weighted by Crippen LogP contribution is -2.46. The van der Waals surface area contributed by atoms with E-state index < -0.39 is 23.7 Å². The molecule has 11 heteroatoms. The molecule has 1 amide bonds. The van der Waals surface area contributed by atoms with Crippen LogP contribution in [-0.2, 0) is 11.0 Å². The summed E-state index contributed by atoms with van der Waals surface area (Å²) in [5, 5.41) is 3.64. The lowest BCUT2D eigenvalue weighted by molar-refractivity contribution is -0.137. The topological polar surface area (TPSA) is 127 Å². The van der Waals surface area contributed by atoms with Crippen molar-refractivity contribution in [2.24, 2.45) is 17.5 Å². The van der Waals surface area contributed by atoms with Crippen LogP contribution in [0.2, 0.25) is 0 Å². The largest absolute Gasteiger partial charge is 0.416 e. The standard InChI is InChI=1S/C17H19F3N6O2/c1-9(2)13(8-27)26(22)16-23-7-12(14(21)28)15(25-16)24-11-5-3-4-10(6-11)17(18,19)20/h3-9,13H,22H2,1-2H3,(H2,21,28)(H,23,24,25)/t13-/m0/s1. The molecule has 2 rings (SSSR count). The van der Waals surface area contributed by atoms with Gasteiger partial charge in [-0.05, 0) is 24.1 Å². The van der Waals surface area contributed by atoms with Crippen LogP contribution in [0.15, 0.2) is 30.5 Å². The molecular weight excluding hydrogens is 377 g/mol. The number of hydrogen-bond donors (Lipinski definition) is 3. The van der Waals surface area contributed by atoms with Crippen molar-refractivity contribution in [3.63, 3.8) is 0 Å². The van der Waals surface area contributed by atoms with Crippen molar-refractivity contribution in [1.29, 1.82) is 0 Å². The number of carbonyl (C=O) groups excluding carboxylic acids is 2. The SMILES string of the molecule is CC(C)[C@H](C=O)N(N)c1ncc(C(N)=O)c(Nc2cccc(C(F)(F)F)c2)n1. The number of nitrogens with one attached hydrogen (secondary N) is 1. The number of nitrogens with zero attached hydrogens (tertiary/aromatic N) is 3. The summed E-state index contributed by atoms with van der Waals surface area (Å²) in [6.07, 6.45) is -2.83. The zero-order valence-electron chi connectivity index (χ0n) is 15.1. The minimum atomic E-state index is -4.54. The third-order valence-corrected chi connectivity index (χ3v) is 3.87. The minimum absolute atomic E-state index is 0.0290. The van der Waals surface area contributed by atoms with E-state index >= 15 is 0 Å². The highest BCUT2D eigenvalue weighted by atomic mass is 19.4. The maximum absolute atomic E-state index is 12.9. The number of halogens is 3. The summed E-state index contributed by atoms with van der Waals surface area (Å²) in [6, 6.07) is 3.58. The Balaban J connectivity index is 2.45. The van der Waals surface area contributed by atoms with E-state index in [1.54, 1.807) is 13.8 Å². The third-order valence-electron chi connectivity index (χ3n) is 3.87. The molecule has 28 heavy (non-hydrogen) atoms. The summed E-state index contributed by atoms with van der Waals surface area (Å²) in [5.41, 5.74) is 4.28. The third kappa shape index (κ3) is 4.74. The molecule has 0 unspecified atom stereocenters. The predicted octanol–water partition coefficient (Wildman–Crippen LogP) is 2.24. The lowest BCUT2D eigenvalue weighted by Gasteiger charge is -2.26. The number of primary amides is 1. The molecule has 1 heterocycles. The van der Waals surface area contributed by atoms with Gasteiger partial charge in [-0.2, -0.15) is 18.2 Å². The number of nitrogens with two attached hydrogens (primary N) is 2. The first kappa shape index (κ1) is 21.1. The summed E-state index contributed by atoms with van der Waals surface area (Å²) in [4.78, 5) is 30.9. The number of amides is 1. The van der Waals surface area contributed by atoms with Gasteiger partial charge >= 0.3 is 6.18 Å². The van der Waals surface area contributed by atoms with Crippen LogP contribution in [0.3, 0.4) is 0 Å².